The monoisotopic (exact) mass is 382 g/mol. The van der Waals surface area contributed by atoms with Gasteiger partial charge in [-0.05, 0) is 30.4 Å². The van der Waals surface area contributed by atoms with Gasteiger partial charge in [0.15, 0.2) is 0 Å². The number of amides is 1. The molecule has 0 atom stereocenters. The van der Waals surface area contributed by atoms with Crippen LogP contribution in [0.4, 0.5) is 0 Å². The SMILES string of the molecule is C=CCN(Cc1cccs1)C(=O)c1cnc2c(c1)c(=O)[nH]c(=O)n2C1CC1. The molecule has 4 rings (SSSR count). The van der Waals surface area contributed by atoms with Crippen LogP contribution in [0.3, 0.4) is 0 Å². The molecule has 1 fully saturated rings. The molecule has 0 saturated heterocycles. The molecule has 0 unspecified atom stereocenters. The number of aromatic amines is 1. The van der Waals surface area contributed by atoms with Gasteiger partial charge >= 0.3 is 5.69 Å². The smallest absolute Gasteiger partial charge is 0.330 e. The maximum Gasteiger partial charge on any atom is 0.330 e. The highest BCUT2D eigenvalue weighted by atomic mass is 32.1. The first-order valence-corrected chi connectivity index (χ1v) is 9.53. The van der Waals surface area contributed by atoms with Crippen molar-refractivity contribution in [1.29, 1.82) is 0 Å². The molecule has 7 nitrogen and oxygen atoms in total. The maximum absolute atomic E-state index is 13.0. The molecule has 3 heterocycles. The third-order valence-electron chi connectivity index (χ3n) is 4.50. The second-order valence-electron chi connectivity index (χ2n) is 6.51. The Morgan fingerprint density at radius 1 is 1.44 bits per heavy atom. The normalized spacial score (nSPS) is 13.6. The average Bonchev–Trinajstić information content (AvgIpc) is 3.35. The van der Waals surface area contributed by atoms with Crippen molar-refractivity contribution in [2.75, 3.05) is 6.54 Å². The minimum atomic E-state index is -0.525. The summed E-state index contributed by atoms with van der Waals surface area (Å²) in [6.07, 6.45) is 4.87. The Hall–Kier alpha value is -3.00. The number of fused-ring (bicyclic) bond motifs is 1. The lowest BCUT2D eigenvalue weighted by Crippen LogP contribution is -2.32. The van der Waals surface area contributed by atoms with Gasteiger partial charge in [-0.2, -0.15) is 0 Å². The van der Waals surface area contributed by atoms with Gasteiger partial charge in [0.2, 0.25) is 0 Å². The fourth-order valence-corrected chi connectivity index (χ4v) is 3.79. The molecule has 3 aromatic rings. The predicted octanol–water partition coefficient (Wildman–Crippen LogP) is 2.31. The Labute approximate surface area is 158 Å². The van der Waals surface area contributed by atoms with Gasteiger partial charge in [-0.1, -0.05) is 12.1 Å². The van der Waals surface area contributed by atoms with Crippen LogP contribution in [-0.2, 0) is 6.54 Å². The van der Waals surface area contributed by atoms with Crippen molar-refractivity contribution in [1.82, 2.24) is 19.4 Å². The molecule has 138 valence electrons. The maximum atomic E-state index is 13.0. The quantitative estimate of drug-likeness (QED) is 0.663. The minimum absolute atomic E-state index is 0.0713. The molecule has 0 spiro atoms. The van der Waals surface area contributed by atoms with Crippen molar-refractivity contribution in [2.45, 2.75) is 25.4 Å². The van der Waals surface area contributed by atoms with E-state index < -0.39 is 11.2 Å². The van der Waals surface area contributed by atoms with Gasteiger partial charge in [-0.25, -0.2) is 9.78 Å². The lowest BCUT2D eigenvalue weighted by atomic mass is 10.2. The highest BCUT2D eigenvalue weighted by molar-refractivity contribution is 7.09. The van der Waals surface area contributed by atoms with Crippen LogP contribution < -0.4 is 11.2 Å². The number of nitrogens with one attached hydrogen (secondary N) is 1. The van der Waals surface area contributed by atoms with Crippen LogP contribution in [0, 0.1) is 0 Å². The van der Waals surface area contributed by atoms with E-state index in [4.69, 9.17) is 0 Å². The van der Waals surface area contributed by atoms with Crippen molar-refractivity contribution in [3.05, 3.63) is 73.7 Å². The predicted molar refractivity (Wildman–Crippen MR) is 104 cm³/mol. The number of carbonyl (C=O) groups excluding carboxylic acids is 1. The molecular weight excluding hydrogens is 364 g/mol. The number of pyridine rings is 1. The van der Waals surface area contributed by atoms with E-state index in [1.165, 1.54) is 16.8 Å². The summed E-state index contributed by atoms with van der Waals surface area (Å²) in [4.78, 5) is 46.7. The standard InChI is InChI=1S/C19H18N4O3S/c1-2-7-22(11-14-4-3-8-27-14)18(25)12-9-15-16(20-10-12)23(13-5-6-13)19(26)21-17(15)24/h2-4,8-10,13H,1,5-7,11H2,(H,21,24,26). The fraction of sp³-hybridized carbons (Fsp3) is 0.263. The van der Waals surface area contributed by atoms with E-state index in [1.54, 1.807) is 22.3 Å². The van der Waals surface area contributed by atoms with Crippen molar-refractivity contribution in [2.24, 2.45) is 0 Å². The number of rotatable bonds is 6. The molecule has 3 aromatic heterocycles. The molecule has 0 aromatic carbocycles. The Morgan fingerprint density at radius 3 is 2.93 bits per heavy atom. The molecule has 1 aliphatic rings. The number of aromatic nitrogens is 3. The first-order valence-electron chi connectivity index (χ1n) is 8.65. The Balaban J connectivity index is 1.74. The van der Waals surface area contributed by atoms with Gasteiger partial charge in [-0.3, -0.25) is 19.1 Å². The molecule has 8 heteroatoms. The van der Waals surface area contributed by atoms with E-state index in [1.807, 2.05) is 17.5 Å². The number of nitrogens with zero attached hydrogens (tertiary/aromatic N) is 3. The molecular formula is C19H18N4O3S. The average molecular weight is 382 g/mol. The number of hydrogen-bond donors (Lipinski definition) is 1. The number of carbonyl (C=O) groups is 1. The van der Waals surface area contributed by atoms with Crippen LogP contribution in [0.1, 0.15) is 34.1 Å². The Bertz CT molecular complexity index is 1130. The van der Waals surface area contributed by atoms with Gasteiger partial charge in [0.05, 0.1) is 17.5 Å². The first-order chi connectivity index (χ1) is 13.1. The molecule has 1 saturated carbocycles. The molecule has 1 N–H and O–H groups in total. The van der Waals surface area contributed by atoms with E-state index in [-0.39, 0.29) is 17.3 Å². The van der Waals surface area contributed by atoms with Crippen molar-refractivity contribution < 1.29 is 4.79 Å². The third kappa shape index (κ3) is 3.35. The minimum Gasteiger partial charge on any atom is -0.330 e. The number of hydrogen-bond acceptors (Lipinski definition) is 5. The summed E-state index contributed by atoms with van der Waals surface area (Å²) in [6.45, 7) is 4.56. The van der Waals surface area contributed by atoms with Crippen LogP contribution in [0.25, 0.3) is 11.0 Å². The topological polar surface area (TPSA) is 88.1 Å². The van der Waals surface area contributed by atoms with E-state index in [9.17, 15) is 14.4 Å². The van der Waals surface area contributed by atoms with E-state index in [0.717, 1.165) is 17.7 Å². The largest absolute Gasteiger partial charge is 0.330 e. The summed E-state index contributed by atoms with van der Waals surface area (Å²) in [5.41, 5.74) is -0.334. The van der Waals surface area contributed by atoms with Crippen molar-refractivity contribution in [3.8, 4) is 0 Å². The summed E-state index contributed by atoms with van der Waals surface area (Å²) in [7, 11) is 0. The Morgan fingerprint density at radius 2 is 2.26 bits per heavy atom. The zero-order chi connectivity index (χ0) is 19.0. The van der Waals surface area contributed by atoms with Crippen LogP contribution in [0.2, 0.25) is 0 Å². The van der Waals surface area contributed by atoms with E-state index >= 15 is 0 Å². The van der Waals surface area contributed by atoms with E-state index in [2.05, 4.69) is 16.5 Å². The summed E-state index contributed by atoms with van der Waals surface area (Å²) >= 11 is 1.57. The summed E-state index contributed by atoms with van der Waals surface area (Å²) in [5.74, 6) is -0.235. The second kappa shape index (κ2) is 6.96. The van der Waals surface area contributed by atoms with Gasteiger partial charge in [0.1, 0.15) is 5.65 Å². The highest BCUT2D eigenvalue weighted by Gasteiger charge is 2.28. The summed E-state index contributed by atoms with van der Waals surface area (Å²) in [6, 6.07) is 5.49. The third-order valence-corrected chi connectivity index (χ3v) is 5.36. The molecule has 1 amide bonds. The molecule has 0 aliphatic heterocycles. The van der Waals surface area contributed by atoms with E-state index in [0.29, 0.717) is 24.3 Å². The zero-order valence-electron chi connectivity index (χ0n) is 14.6. The van der Waals surface area contributed by atoms with Crippen molar-refractivity contribution in [3.63, 3.8) is 0 Å². The fourth-order valence-electron chi connectivity index (χ4n) is 3.07. The van der Waals surface area contributed by atoms with Crippen LogP contribution >= 0.6 is 11.3 Å². The van der Waals surface area contributed by atoms with Crippen LogP contribution in [0.15, 0.2) is 52.0 Å². The first kappa shape index (κ1) is 17.4. The summed E-state index contributed by atoms with van der Waals surface area (Å²) in [5, 5.41) is 2.21. The summed E-state index contributed by atoms with van der Waals surface area (Å²) < 4.78 is 1.51. The van der Waals surface area contributed by atoms with Crippen LogP contribution in [0.5, 0.6) is 0 Å². The van der Waals surface area contributed by atoms with Gasteiger partial charge in [0.25, 0.3) is 11.5 Å². The van der Waals surface area contributed by atoms with Crippen LogP contribution in [-0.4, -0.2) is 31.9 Å². The van der Waals surface area contributed by atoms with Gasteiger partial charge in [0, 0.05) is 23.7 Å². The lowest BCUT2D eigenvalue weighted by Gasteiger charge is -2.20. The van der Waals surface area contributed by atoms with Gasteiger partial charge < -0.3 is 4.90 Å². The number of thiophene rings is 1. The molecule has 27 heavy (non-hydrogen) atoms. The molecule has 0 bridgehead atoms. The highest BCUT2D eigenvalue weighted by Crippen LogP contribution is 2.34. The molecule has 0 radical (unpaired) electrons. The van der Waals surface area contributed by atoms with Crippen molar-refractivity contribution >= 4 is 28.3 Å². The Kier molecular flexibility index (Phi) is 4.49. The zero-order valence-corrected chi connectivity index (χ0v) is 15.4. The number of H-pyrrole nitrogens is 1. The molecule has 1 aliphatic carbocycles. The second-order valence-corrected chi connectivity index (χ2v) is 7.54. The lowest BCUT2D eigenvalue weighted by molar-refractivity contribution is 0.0764. The van der Waals surface area contributed by atoms with Gasteiger partial charge in [-0.15, -0.1) is 17.9 Å².